The first-order valence-electron chi connectivity index (χ1n) is 5.71. The summed E-state index contributed by atoms with van der Waals surface area (Å²) in [4.78, 5) is 27.7. The molecule has 0 atom stereocenters. The predicted octanol–water partition coefficient (Wildman–Crippen LogP) is 1.35. The smallest absolute Gasteiger partial charge is 0.326 e. The van der Waals surface area contributed by atoms with Crippen LogP contribution in [-0.2, 0) is 16.1 Å². The maximum absolute atomic E-state index is 12.1. The zero-order chi connectivity index (χ0) is 13.1. The van der Waals surface area contributed by atoms with Crippen molar-refractivity contribution in [3.05, 3.63) is 40.9 Å². The van der Waals surface area contributed by atoms with E-state index in [9.17, 15) is 9.59 Å². The Hall–Kier alpha value is -2.17. The molecule has 1 heterocycles. The van der Waals surface area contributed by atoms with Gasteiger partial charge in [0.15, 0.2) is 0 Å². The van der Waals surface area contributed by atoms with E-state index >= 15 is 0 Å². The molecule has 2 aromatic rings. The molecule has 5 nitrogen and oxygen atoms in total. The summed E-state index contributed by atoms with van der Waals surface area (Å²) in [6.45, 7) is 3.41. The molecule has 0 aliphatic rings. The lowest BCUT2D eigenvalue weighted by Crippen LogP contribution is -2.26. The van der Waals surface area contributed by atoms with E-state index in [1.54, 1.807) is 32.0 Å². The third-order valence-corrected chi connectivity index (χ3v) is 2.40. The molecule has 18 heavy (non-hydrogen) atoms. The zero-order valence-electron chi connectivity index (χ0n) is 10.3. The first-order valence-corrected chi connectivity index (χ1v) is 5.71. The Kier molecular flexibility index (Phi) is 3.41. The number of carbonyl (C=O) groups is 1. The highest BCUT2D eigenvalue weighted by molar-refractivity contribution is 5.77. The fourth-order valence-electron chi connectivity index (χ4n) is 1.66. The summed E-state index contributed by atoms with van der Waals surface area (Å²) in [5.41, 5.74) is 0.386. The molecule has 0 aliphatic heterocycles. The number of nitrogens with zero attached hydrogens (tertiary/aromatic N) is 2. The number of carbonyl (C=O) groups excluding carboxylic acids is 1. The van der Waals surface area contributed by atoms with Gasteiger partial charge in [-0.25, -0.2) is 4.98 Å². The van der Waals surface area contributed by atoms with Gasteiger partial charge in [-0.2, -0.15) is 0 Å². The van der Waals surface area contributed by atoms with E-state index < -0.39 is 5.97 Å². The average Bonchev–Trinajstić information content (AvgIpc) is 2.32. The average molecular weight is 246 g/mol. The number of hydrogen-bond acceptors (Lipinski definition) is 4. The van der Waals surface area contributed by atoms with Crippen LogP contribution in [0.2, 0.25) is 0 Å². The SMILES string of the molecule is CC(C)OC(=O)Cn1cnc2ccccc2c1=O. The third kappa shape index (κ3) is 2.56. The molecule has 0 fully saturated rings. The summed E-state index contributed by atoms with van der Waals surface area (Å²) in [5.74, 6) is -0.441. The fourth-order valence-corrected chi connectivity index (χ4v) is 1.66. The molecular weight excluding hydrogens is 232 g/mol. The normalized spacial score (nSPS) is 10.8. The van der Waals surface area contributed by atoms with Gasteiger partial charge in [0.05, 0.1) is 23.3 Å². The van der Waals surface area contributed by atoms with E-state index in [0.29, 0.717) is 10.9 Å². The molecular formula is C13H14N2O3. The molecule has 2 rings (SSSR count). The molecule has 0 saturated carbocycles. The third-order valence-electron chi connectivity index (χ3n) is 2.40. The first-order chi connectivity index (χ1) is 8.58. The Labute approximate surface area is 104 Å². The molecule has 94 valence electrons. The van der Waals surface area contributed by atoms with Crippen molar-refractivity contribution >= 4 is 16.9 Å². The maximum atomic E-state index is 12.1. The van der Waals surface area contributed by atoms with Crippen LogP contribution in [0.25, 0.3) is 10.9 Å². The van der Waals surface area contributed by atoms with Gasteiger partial charge in [0.25, 0.3) is 5.56 Å². The van der Waals surface area contributed by atoms with Crippen molar-refractivity contribution in [3.8, 4) is 0 Å². The van der Waals surface area contributed by atoms with E-state index in [0.717, 1.165) is 0 Å². The van der Waals surface area contributed by atoms with Crippen LogP contribution in [0.4, 0.5) is 0 Å². The monoisotopic (exact) mass is 246 g/mol. The Bertz CT molecular complexity index is 631. The number of aromatic nitrogens is 2. The summed E-state index contributed by atoms with van der Waals surface area (Å²) in [6.07, 6.45) is 1.17. The lowest BCUT2D eigenvalue weighted by Gasteiger charge is -2.09. The van der Waals surface area contributed by atoms with Gasteiger partial charge in [-0.1, -0.05) is 12.1 Å². The van der Waals surface area contributed by atoms with Gasteiger partial charge in [0, 0.05) is 0 Å². The molecule has 1 aromatic carbocycles. The van der Waals surface area contributed by atoms with Crippen LogP contribution in [-0.4, -0.2) is 21.6 Å². The van der Waals surface area contributed by atoms with Crippen LogP contribution in [0.15, 0.2) is 35.4 Å². The van der Waals surface area contributed by atoms with Crippen molar-refractivity contribution in [2.75, 3.05) is 0 Å². The van der Waals surface area contributed by atoms with Gasteiger partial charge in [-0.15, -0.1) is 0 Å². The van der Waals surface area contributed by atoms with Crippen molar-refractivity contribution in [2.45, 2.75) is 26.5 Å². The van der Waals surface area contributed by atoms with Gasteiger partial charge in [-0.05, 0) is 26.0 Å². The summed E-state index contributed by atoms with van der Waals surface area (Å²) in [5, 5.41) is 0.498. The first kappa shape index (κ1) is 12.3. The van der Waals surface area contributed by atoms with Gasteiger partial charge >= 0.3 is 5.97 Å². The van der Waals surface area contributed by atoms with Gasteiger partial charge < -0.3 is 4.74 Å². The number of rotatable bonds is 3. The minimum absolute atomic E-state index is 0.116. The standard InChI is InChI=1S/C13H14N2O3/c1-9(2)18-12(16)7-15-8-14-11-6-4-3-5-10(11)13(15)17/h3-6,8-9H,7H2,1-2H3. The van der Waals surface area contributed by atoms with E-state index in [2.05, 4.69) is 4.98 Å². The number of fused-ring (bicyclic) bond motifs is 1. The molecule has 1 aromatic heterocycles. The molecule has 0 aliphatic carbocycles. The number of ether oxygens (including phenoxy) is 1. The lowest BCUT2D eigenvalue weighted by atomic mass is 10.2. The maximum Gasteiger partial charge on any atom is 0.326 e. The van der Waals surface area contributed by atoms with Crippen molar-refractivity contribution in [2.24, 2.45) is 0 Å². The minimum atomic E-state index is -0.441. The van der Waals surface area contributed by atoms with Gasteiger partial charge in [0.1, 0.15) is 6.54 Å². The lowest BCUT2D eigenvalue weighted by molar-refractivity contribution is -0.148. The van der Waals surface area contributed by atoms with E-state index in [1.165, 1.54) is 10.9 Å². The number of benzene rings is 1. The molecule has 0 N–H and O–H groups in total. The predicted molar refractivity (Wildman–Crippen MR) is 67.2 cm³/mol. The second-order valence-corrected chi connectivity index (χ2v) is 4.23. The highest BCUT2D eigenvalue weighted by Crippen LogP contribution is 2.04. The summed E-state index contributed by atoms with van der Waals surface area (Å²) >= 11 is 0. The molecule has 0 saturated heterocycles. The number of esters is 1. The summed E-state index contributed by atoms with van der Waals surface area (Å²) in [6, 6.07) is 7.02. The molecule has 5 heteroatoms. The molecule has 0 bridgehead atoms. The molecule has 0 radical (unpaired) electrons. The number of hydrogen-bond donors (Lipinski definition) is 0. The highest BCUT2D eigenvalue weighted by Gasteiger charge is 2.09. The van der Waals surface area contributed by atoms with Gasteiger partial charge in [-0.3, -0.25) is 14.2 Å². The van der Waals surface area contributed by atoms with Crippen molar-refractivity contribution in [1.29, 1.82) is 0 Å². The zero-order valence-corrected chi connectivity index (χ0v) is 10.3. The quantitative estimate of drug-likeness (QED) is 0.767. The topological polar surface area (TPSA) is 61.2 Å². The van der Waals surface area contributed by atoms with Crippen LogP contribution in [0.3, 0.4) is 0 Å². The van der Waals surface area contributed by atoms with Crippen molar-refractivity contribution in [1.82, 2.24) is 9.55 Å². The van der Waals surface area contributed by atoms with Crippen LogP contribution in [0.1, 0.15) is 13.8 Å². The Morgan fingerprint density at radius 3 is 2.83 bits per heavy atom. The summed E-state index contributed by atoms with van der Waals surface area (Å²) in [7, 11) is 0. The fraction of sp³-hybridized carbons (Fsp3) is 0.308. The van der Waals surface area contributed by atoms with E-state index in [-0.39, 0.29) is 18.2 Å². The van der Waals surface area contributed by atoms with E-state index in [1.807, 2.05) is 6.07 Å². The Morgan fingerprint density at radius 1 is 1.39 bits per heavy atom. The Balaban J connectivity index is 2.32. The summed E-state index contributed by atoms with van der Waals surface area (Å²) < 4.78 is 6.25. The second kappa shape index (κ2) is 5.00. The van der Waals surface area contributed by atoms with Gasteiger partial charge in [0.2, 0.25) is 0 Å². The van der Waals surface area contributed by atoms with E-state index in [4.69, 9.17) is 4.74 Å². The largest absolute Gasteiger partial charge is 0.462 e. The molecule has 0 spiro atoms. The van der Waals surface area contributed by atoms with Crippen LogP contribution < -0.4 is 5.56 Å². The second-order valence-electron chi connectivity index (χ2n) is 4.23. The number of para-hydroxylation sites is 1. The minimum Gasteiger partial charge on any atom is -0.462 e. The highest BCUT2D eigenvalue weighted by atomic mass is 16.5. The van der Waals surface area contributed by atoms with Crippen LogP contribution in [0, 0.1) is 0 Å². The van der Waals surface area contributed by atoms with Crippen molar-refractivity contribution < 1.29 is 9.53 Å². The van der Waals surface area contributed by atoms with Crippen LogP contribution >= 0.6 is 0 Å². The Morgan fingerprint density at radius 2 is 2.11 bits per heavy atom. The van der Waals surface area contributed by atoms with Crippen LogP contribution in [0.5, 0.6) is 0 Å². The van der Waals surface area contributed by atoms with Crippen molar-refractivity contribution in [3.63, 3.8) is 0 Å². The molecule has 0 unspecified atom stereocenters. The molecule has 0 amide bonds.